The van der Waals surface area contributed by atoms with Crippen molar-refractivity contribution in [3.8, 4) is 0 Å². The molecular formula is C16H18N2. The summed E-state index contributed by atoms with van der Waals surface area (Å²) in [6.45, 7) is 0. The molecule has 0 saturated carbocycles. The maximum atomic E-state index is 3.55. The van der Waals surface area contributed by atoms with Crippen LogP contribution in [0.15, 0.2) is 60.7 Å². The molecule has 0 spiro atoms. The second-order valence-corrected chi connectivity index (χ2v) is 4.87. The van der Waals surface area contributed by atoms with E-state index in [0.717, 1.165) is 6.42 Å². The lowest BCUT2D eigenvalue weighted by molar-refractivity contribution is 0.229. The number of benzene rings is 2. The fourth-order valence-electron chi connectivity index (χ4n) is 2.70. The van der Waals surface area contributed by atoms with Crippen molar-refractivity contribution < 1.29 is 0 Å². The number of nitrogens with one attached hydrogen (secondary N) is 1. The zero-order valence-corrected chi connectivity index (χ0v) is 10.6. The summed E-state index contributed by atoms with van der Waals surface area (Å²) in [5, 5.41) is 2.23. The van der Waals surface area contributed by atoms with Crippen LogP contribution in [0.4, 0.5) is 0 Å². The van der Waals surface area contributed by atoms with E-state index in [1.807, 2.05) is 0 Å². The molecule has 2 aromatic rings. The molecule has 0 aliphatic carbocycles. The summed E-state index contributed by atoms with van der Waals surface area (Å²) < 4.78 is 0. The van der Waals surface area contributed by atoms with Gasteiger partial charge in [0.05, 0.1) is 6.04 Å². The Morgan fingerprint density at radius 1 is 0.889 bits per heavy atom. The molecule has 92 valence electrons. The Morgan fingerprint density at radius 2 is 1.44 bits per heavy atom. The number of hydrogen-bond acceptors (Lipinski definition) is 2. The SMILES string of the molecule is CN1N[C@@H](c2ccccc2)C[C@@H]1c1ccccc1. The van der Waals surface area contributed by atoms with Crippen LogP contribution in [0.1, 0.15) is 29.6 Å². The molecule has 1 N–H and O–H groups in total. The van der Waals surface area contributed by atoms with Crippen LogP contribution >= 0.6 is 0 Å². The summed E-state index contributed by atoms with van der Waals surface area (Å²) in [6.07, 6.45) is 1.12. The van der Waals surface area contributed by atoms with Crippen LogP contribution in [-0.2, 0) is 0 Å². The summed E-state index contributed by atoms with van der Waals surface area (Å²) in [6, 6.07) is 22.2. The first kappa shape index (κ1) is 11.5. The first-order chi connectivity index (χ1) is 8.84. The van der Waals surface area contributed by atoms with Gasteiger partial charge in [-0.3, -0.25) is 0 Å². The summed E-state index contributed by atoms with van der Waals surface area (Å²) in [5.41, 5.74) is 6.30. The number of nitrogens with zero attached hydrogens (tertiary/aromatic N) is 1. The minimum Gasteiger partial charge on any atom is -0.247 e. The van der Waals surface area contributed by atoms with Gasteiger partial charge >= 0.3 is 0 Å². The highest BCUT2D eigenvalue weighted by Gasteiger charge is 2.30. The summed E-state index contributed by atoms with van der Waals surface area (Å²) in [5.74, 6) is 0. The van der Waals surface area contributed by atoms with Gasteiger partial charge in [-0.05, 0) is 17.5 Å². The molecule has 2 aromatic carbocycles. The van der Waals surface area contributed by atoms with Crippen LogP contribution in [0.5, 0.6) is 0 Å². The Kier molecular flexibility index (Phi) is 3.13. The predicted molar refractivity (Wildman–Crippen MR) is 73.9 cm³/mol. The third kappa shape index (κ3) is 2.17. The van der Waals surface area contributed by atoms with Crippen LogP contribution < -0.4 is 5.43 Å². The minimum atomic E-state index is 0.418. The molecule has 1 fully saturated rings. The van der Waals surface area contributed by atoms with E-state index in [4.69, 9.17) is 0 Å². The van der Waals surface area contributed by atoms with Crippen LogP contribution in [-0.4, -0.2) is 12.1 Å². The normalized spacial score (nSPS) is 24.3. The Bertz CT molecular complexity index is 495. The highest BCUT2D eigenvalue weighted by Crippen LogP contribution is 2.35. The van der Waals surface area contributed by atoms with Gasteiger partial charge < -0.3 is 0 Å². The second kappa shape index (κ2) is 4.92. The van der Waals surface area contributed by atoms with Gasteiger partial charge in [-0.2, -0.15) is 0 Å². The Hall–Kier alpha value is -1.64. The summed E-state index contributed by atoms with van der Waals surface area (Å²) in [4.78, 5) is 0. The molecule has 1 heterocycles. The quantitative estimate of drug-likeness (QED) is 0.863. The zero-order valence-electron chi connectivity index (χ0n) is 10.6. The van der Waals surface area contributed by atoms with Gasteiger partial charge in [0.2, 0.25) is 0 Å². The summed E-state index contributed by atoms with van der Waals surface area (Å²) in [7, 11) is 2.13. The molecule has 0 radical (unpaired) electrons. The molecule has 0 aromatic heterocycles. The fourth-order valence-corrected chi connectivity index (χ4v) is 2.70. The van der Waals surface area contributed by atoms with Crippen molar-refractivity contribution in [2.75, 3.05) is 7.05 Å². The van der Waals surface area contributed by atoms with Gasteiger partial charge in [0, 0.05) is 13.1 Å². The van der Waals surface area contributed by atoms with Gasteiger partial charge in [-0.25, -0.2) is 10.4 Å². The van der Waals surface area contributed by atoms with Gasteiger partial charge in [0.25, 0.3) is 0 Å². The average Bonchev–Trinajstić information content (AvgIpc) is 2.83. The van der Waals surface area contributed by atoms with Crippen LogP contribution in [0.25, 0.3) is 0 Å². The third-order valence-electron chi connectivity index (χ3n) is 3.67. The Morgan fingerprint density at radius 3 is 2.06 bits per heavy atom. The second-order valence-electron chi connectivity index (χ2n) is 4.87. The molecule has 2 heteroatoms. The molecule has 0 amide bonds. The smallest absolute Gasteiger partial charge is 0.0508 e. The maximum Gasteiger partial charge on any atom is 0.0508 e. The first-order valence-corrected chi connectivity index (χ1v) is 6.43. The van der Waals surface area contributed by atoms with Crippen LogP contribution in [0.2, 0.25) is 0 Å². The lowest BCUT2D eigenvalue weighted by Crippen LogP contribution is -2.29. The van der Waals surface area contributed by atoms with E-state index in [2.05, 4.69) is 78.1 Å². The molecule has 2 nitrogen and oxygen atoms in total. The molecule has 0 bridgehead atoms. The largest absolute Gasteiger partial charge is 0.247 e. The molecule has 2 atom stereocenters. The highest BCUT2D eigenvalue weighted by molar-refractivity contribution is 5.24. The van der Waals surface area contributed by atoms with E-state index < -0.39 is 0 Å². The maximum absolute atomic E-state index is 3.55. The number of hydrazine groups is 1. The zero-order chi connectivity index (χ0) is 12.4. The standard InChI is InChI=1S/C16H18N2/c1-18-16(14-10-6-3-7-11-14)12-15(17-18)13-8-4-2-5-9-13/h2-11,15-17H,12H2,1H3/t15-,16-/m1/s1. The molecule has 1 aliphatic heterocycles. The Balaban J connectivity index is 1.81. The molecular weight excluding hydrogens is 220 g/mol. The van der Waals surface area contributed by atoms with E-state index in [0.29, 0.717) is 12.1 Å². The van der Waals surface area contributed by atoms with E-state index in [9.17, 15) is 0 Å². The van der Waals surface area contributed by atoms with Crippen LogP contribution in [0, 0.1) is 0 Å². The van der Waals surface area contributed by atoms with Gasteiger partial charge in [-0.15, -0.1) is 0 Å². The van der Waals surface area contributed by atoms with Gasteiger partial charge in [0.1, 0.15) is 0 Å². The molecule has 1 aliphatic rings. The average molecular weight is 238 g/mol. The molecule has 1 saturated heterocycles. The van der Waals surface area contributed by atoms with Crippen molar-refractivity contribution in [2.45, 2.75) is 18.5 Å². The summed E-state index contributed by atoms with van der Waals surface area (Å²) >= 11 is 0. The highest BCUT2D eigenvalue weighted by atomic mass is 15.5. The van der Waals surface area contributed by atoms with Crippen molar-refractivity contribution >= 4 is 0 Å². The monoisotopic (exact) mass is 238 g/mol. The van der Waals surface area contributed by atoms with E-state index in [1.54, 1.807) is 0 Å². The third-order valence-corrected chi connectivity index (χ3v) is 3.67. The van der Waals surface area contributed by atoms with Crippen LogP contribution in [0.3, 0.4) is 0 Å². The molecule has 0 unspecified atom stereocenters. The fraction of sp³-hybridized carbons (Fsp3) is 0.250. The van der Waals surface area contributed by atoms with Gasteiger partial charge in [-0.1, -0.05) is 60.7 Å². The topological polar surface area (TPSA) is 15.3 Å². The van der Waals surface area contributed by atoms with Crippen molar-refractivity contribution in [2.24, 2.45) is 0 Å². The number of hydrogen-bond donors (Lipinski definition) is 1. The predicted octanol–water partition coefficient (Wildman–Crippen LogP) is 3.31. The van der Waals surface area contributed by atoms with E-state index in [1.165, 1.54) is 11.1 Å². The van der Waals surface area contributed by atoms with Crippen molar-refractivity contribution in [1.82, 2.24) is 10.4 Å². The molecule has 18 heavy (non-hydrogen) atoms. The van der Waals surface area contributed by atoms with E-state index >= 15 is 0 Å². The number of rotatable bonds is 2. The van der Waals surface area contributed by atoms with Crippen molar-refractivity contribution in [1.29, 1.82) is 0 Å². The lowest BCUT2D eigenvalue weighted by atomic mass is 9.97. The van der Waals surface area contributed by atoms with Gasteiger partial charge in [0.15, 0.2) is 0 Å². The first-order valence-electron chi connectivity index (χ1n) is 6.43. The minimum absolute atomic E-state index is 0.418. The molecule has 3 rings (SSSR count). The lowest BCUT2D eigenvalue weighted by Gasteiger charge is -2.19. The van der Waals surface area contributed by atoms with Crippen molar-refractivity contribution in [3.05, 3.63) is 71.8 Å². The van der Waals surface area contributed by atoms with E-state index in [-0.39, 0.29) is 0 Å². The van der Waals surface area contributed by atoms with Crippen molar-refractivity contribution in [3.63, 3.8) is 0 Å². The Labute approximate surface area is 108 Å².